The molecule has 1 heterocycles. The van der Waals surface area contributed by atoms with Crippen molar-refractivity contribution in [1.82, 2.24) is 4.90 Å². The summed E-state index contributed by atoms with van der Waals surface area (Å²) in [4.78, 5) is 14.5. The molecule has 0 aliphatic carbocycles. The van der Waals surface area contributed by atoms with Crippen LogP contribution in [0.4, 0.5) is 14.9 Å². The minimum absolute atomic E-state index is 0.00392. The number of fused-ring (bicyclic) bond motifs is 1. The van der Waals surface area contributed by atoms with E-state index in [4.69, 9.17) is 11.6 Å². The summed E-state index contributed by atoms with van der Waals surface area (Å²) in [7, 11) is 0. The summed E-state index contributed by atoms with van der Waals surface area (Å²) >= 11 is 5.79. The molecule has 0 bridgehead atoms. The Morgan fingerprint density at radius 3 is 2.72 bits per heavy atom. The highest BCUT2D eigenvalue weighted by molar-refractivity contribution is 6.31. The molecule has 2 aromatic carbocycles. The number of hydrogen-bond donors (Lipinski definition) is 1. The van der Waals surface area contributed by atoms with Crippen molar-refractivity contribution < 1.29 is 9.18 Å². The van der Waals surface area contributed by atoms with Crippen LogP contribution in [0.5, 0.6) is 0 Å². The van der Waals surface area contributed by atoms with E-state index in [9.17, 15) is 9.18 Å². The van der Waals surface area contributed by atoms with Crippen LogP contribution < -0.4 is 5.32 Å². The van der Waals surface area contributed by atoms with Crippen LogP contribution in [0.2, 0.25) is 5.02 Å². The second-order valence-corrected chi connectivity index (χ2v) is 7.68. The lowest BCUT2D eigenvalue weighted by atomic mass is 9.79. The third-order valence-corrected chi connectivity index (χ3v) is 5.11. The lowest BCUT2D eigenvalue weighted by molar-refractivity contribution is 0.207. The van der Waals surface area contributed by atoms with E-state index in [-0.39, 0.29) is 16.5 Å². The fourth-order valence-corrected chi connectivity index (χ4v) is 3.48. The molecule has 0 saturated carbocycles. The van der Waals surface area contributed by atoms with E-state index in [0.29, 0.717) is 18.8 Å². The van der Waals surface area contributed by atoms with Crippen LogP contribution in [0.3, 0.4) is 0 Å². The van der Waals surface area contributed by atoms with E-state index < -0.39 is 5.82 Å². The number of nitrogens with one attached hydrogen (secondary N) is 1. The van der Waals surface area contributed by atoms with Crippen LogP contribution >= 0.6 is 11.6 Å². The number of carbonyl (C=O) groups excluding carboxylic acids is 1. The first-order valence-electron chi connectivity index (χ1n) is 8.37. The highest BCUT2D eigenvalue weighted by Crippen LogP contribution is 2.34. The van der Waals surface area contributed by atoms with Crippen LogP contribution in [-0.4, -0.2) is 17.5 Å². The Bertz CT molecular complexity index is 819. The van der Waals surface area contributed by atoms with Crippen LogP contribution in [-0.2, 0) is 12.0 Å². The summed E-state index contributed by atoms with van der Waals surface area (Å²) in [6.45, 7) is 7.69. The van der Waals surface area contributed by atoms with Crippen LogP contribution in [0.15, 0.2) is 36.4 Å². The van der Waals surface area contributed by atoms with Gasteiger partial charge in [0.05, 0.1) is 5.02 Å². The zero-order valence-corrected chi connectivity index (χ0v) is 15.5. The van der Waals surface area contributed by atoms with Gasteiger partial charge in [-0.05, 0) is 48.1 Å². The third kappa shape index (κ3) is 3.79. The van der Waals surface area contributed by atoms with Gasteiger partial charge >= 0.3 is 6.03 Å². The van der Waals surface area contributed by atoms with Crippen molar-refractivity contribution in [3.63, 3.8) is 0 Å². The number of hydrogen-bond acceptors (Lipinski definition) is 1. The molecule has 0 spiro atoms. The van der Waals surface area contributed by atoms with Gasteiger partial charge in [-0.1, -0.05) is 49.2 Å². The van der Waals surface area contributed by atoms with Gasteiger partial charge in [0.2, 0.25) is 0 Å². The van der Waals surface area contributed by atoms with Gasteiger partial charge in [0.15, 0.2) is 0 Å². The first kappa shape index (κ1) is 17.7. The lowest BCUT2D eigenvalue weighted by Crippen LogP contribution is -2.35. The molecular weight excluding hydrogens is 339 g/mol. The first-order chi connectivity index (χ1) is 11.8. The fourth-order valence-electron chi connectivity index (χ4n) is 3.30. The van der Waals surface area contributed by atoms with Crippen molar-refractivity contribution in [1.29, 1.82) is 0 Å². The maximum Gasteiger partial charge on any atom is 0.322 e. The van der Waals surface area contributed by atoms with Gasteiger partial charge in [0.1, 0.15) is 5.82 Å². The van der Waals surface area contributed by atoms with Gasteiger partial charge in [0.25, 0.3) is 0 Å². The van der Waals surface area contributed by atoms with Crippen LogP contribution in [0.25, 0.3) is 0 Å². The largest absolute Gasteiger partial charge is 0.322 e. The number of carbonyl (C=O) groups is 1. The molecule has 5 heteroatoms. The molecular formula is C20H22ClFN2O. The number of halogens is 2. The van der Waals surface area contributed by atoms with Crippen molar-refractivity contribution in [3.05, 3.63) is 63.9 Å². The van der Waals surface area contributed by atoms with Crippen molar-refractivity contribution >= 4 is 23.3 Å². The number of anilines is 1. The summed E-state index contributed by atoms with van der Waals surface area (Å²) in [5, 5.41) is 2.81. The molecule has 1 aliphatic heterocycles. The molecule has 0 atom stereocenters. The minimum Gasteiger partial charge on any atom is -0.320 e. The normalized spacial score (nSPS) is 16.1. The standard InChI is InChI=1S/C20H22ClFN2O/c1-13-4-6-16-14(10-13)12-24(9-8-20(16,2)3)19(25)23-15-5-7-18(22)17(21)11-15/h4-7,10-11H,8-9,12H2,1-3H3,(H,23,25). The smallest absolute Gasteiger partial charge is 0.320 e. The quantitative estimate of drug-likeness (QED) is 0.715. The maximum absolute atomic E-state index is 13.3. The van der Waals surface area contributed by atoms with E-state index in [1.165, 1.54) is 34.9 Å². The molecule has 1 N–H and O–H groups in total. The Morgan fingerprint density at radius 2 is 2.00 bits per heavy atom. The summed E-state index contributed by atoms with van der Waals surface area (Å²) in [6, 6.07) is 10.4. The Kier molecular flexibility index (Phi) is 4.74. The van der Waals surface area contributed by atoms with Gasteiger partial charge in [-0.25, -0.2) is 9.18 Å². The summed E-state index contributed by atoms with van der Waals surface area (Å²) in [5.41, 5.74) is 4.15. The predicted octanol–water partition coefficient (Wildman–Crippen LogP) is 5.50. The van der Waals surface area contributed by atoms with Crippen molar-refractivity contribution in [2.24, 2.45) is 0 Å². The lowest BCUT2D eigenvalue weighted by Gasteiger charge is -2.25. The molecule has 0 unspecified atom stereocenters. The molecule has 3 nitrogen and oxygen atoms in total. The molecule has 2 aromatic rings. The third-order valence-electron chi connectivity index (χ3n) is 4.82. The first-order valence-corrected chi connectivity index (χ1v) is 8.75. The Balaban J connectivity index is 1.83. The Hall–Kier alpha value is -2.07. The van der Waals surface area contributed by atoms with Crippen molar-refractivity contribution in [3.8, 4) is 0 Å². The second-order valence-electron chi connectivity index (χ2n) is 7.28. The maximum atomic E-state index is 13.3. The monoisotopic (exact) mass is 360 g/mol. The van der Waals surface area contributed by atoms with Gasteiger partial charge in [-0.2, -0.15) is 0 Å². The van der Waals surface area contributed by atoms with Crippen molar-refractivity contribution in [2.75, 3.05) is 11.9 Å². The van der Waals surface area contributed by atoms with Crippen molar-refractivity contribution in [2.45, 2.75) is 39.2 Å². The number of aryl methyl sites for hydroxylation is 1. The van der Waals surface area contributed by atoms with E-state index in [0.717, 1.165) is 6.42 Å². The molecule has 132 valence electrons. The summed E-state index contributed by atoms with van der Waals surface area (Å²) in [6.07, 6.45) is 0.876. The van der Waals surface area contributed by atoms with Gasteiger partial charge in [-0.3, -0.25) is 0 Å². The molecule has 0 radical (unpaired) electrons. The van der Waals surface area contributed by atoms with Gasteiger partial charge in [0, 0.05) is 18.8 Å². The van der Waals surface area contributed by atoms with Gasteiger partial charge in [-0.15, -0.1) is 0 Å². The molecule has 0 fully saturated rings. The Morgan fingerprint density at radius 1 is 1.24 bits per heavy atom. The summed E-state index contributed by atoms with van der Waals surface area (Å²) < 4.78 is 13.3. The summed E-state index contributed by atoms with van der Waals surface area (Å²) in [5.74, 6) is -0.499. The van der Waals surface area contributed by atoms with E-state index in [1.54, 1.807) is 4.90 Å². The van der Waals surface area contributed by atoms with Crippen LogP contribution in [0.1, 0.15) is 37.0 Å². The molecule has 3 rings (SSSR count). The van der Waals surface area contributed by atoms with E-state index >= 15 is 0 Å². The molecule has 1 aliphatic rings. The zero-order chi connectivity index (χ0) is 18.2. The van der Waals surface area contributed by atoms with Crippen LogP contribution in [0, 0.1) is 12.7 Å². The van der Waals surface area contributed by atoms with E-state index in [2.05, 4.69) is 44.3 Å². The number of rotatable bonds is 1. The average molecular weight is 361 g/mol. The van der Waals surface area contributed by atoms with E-state index in [1.807, 2.05) is 0 Å². The average Bonchev–Trinajstić information content (AvgIpc) is 2.67. The predicted molar refractivity (Wildman–Crippen MR) is 99.7 cm³/mol. The van der Waals surface area contributed by atoms with Gasteiger partial charge < -0.3 is 10.2 Å². The number of amides is 2. The minimum atomic E-state index is -0.499. The fraction of sp³-hybridized carbons (Fsp3) is 0.350. The molecule has 0 saturated heterocycles. The molecule has 25 heavy (non-hydrogen) atoms. The molecule has 2 amide bonds. The number of benzene rings is 2. The highest BCUT2D eigenvalue weighted by Gasteiger charge is 2.30. The highest BCUT2D eigenvalue weighted by atomic mass is 35.5. The number of urea groups is 1. The zero-order valence-electron chi connectivity index (χ0n) is 14.7. The second kappa shape index (κ2) is 6.68. The number of nitrogens with zero attached hydrogens (tertiary/aromatic N) is 1. The Labute approximate surface area is 152 Å². The molecule has 0 aromatic heterocycles. The topological polar surface area (TPSA) is 32.3 Å². The SMILES string of the molecule is Cc1ccc2c(c1)CN(C(=O)Nc1ccc(F)c(Cl)c1)CCC2(C)C.